The van der Waals surface area contributed by atoms with Gasteiger partial charge in [0.05, 0.1) is 10.4 Å². The SMILES string of the molecule is c1ccc(N(c2ccccc2)c2ccc3cc4c(cc3c2)sc2c3c5c(cc24)Oc2ccccc2B5c2ccccc2N3c2ccccc2)cc1. The molecule has 11 rings (SSSR count). The first kappa shape index (κ1) is 28.5. The topological polar surface area (TPSA) is 15.7 Å². The van der Waals surface area contributed by atoms with Crippen LogP contribution in [0.1, 0.15) is 0 Å². The molecule has 0 amide bonds. The van der Waals surface area contributed by atoms with Crippen molar-refractivity contribution in [2.24, 2.45) is 0 Å². The van der Waals surface area contributed by atoms with Crippen molar-refractivity contribution in [1.29, 1.82) is 0 Å². The van der Waals surface area contributed by atoms with Crippen molar-refractivity contribution in [2.45, 2.75) is 0 Å². The molecule has 1 aromatic heterocycles. The Bertz CT molecular complexity index is 2760. The number of anilines is 6. The second kappa shape index (κ2) is 11.1. The van der Waals surface area contributed by atoms with Gasteiger partial charge in [-0.3, -0.25) is 0 Å². The second-order valence-electron chi connectivity index (χ2n) is 13.3. The molecule has 2 aliphatic rings. The lowest BCUT2D eigenvalue weighted by Crippen LogP contribution is -2.59. The molecule has 9 aromatic rings. The summed E-state index contributed by atoms with van der Waals surface area (Å²) in [5.74, 6) is 1.87. The van der Waals surface area contributed by atoms with Crippen LogP contribution in [0.2, 0.25) is 0 Å². The fraction of sp³-hybridized carbons (Fsp3) is 0. The van der Waals surface area contributed by atoms with Gasteiger partial charge in [-0.25, -0.2) is 0 Å². The first-order valence-electron chi connectivity index (χ1n) is 17.4. The van der Waals surface area contributed by atoms with Crippen LogP contribution in [0.15, 0.2) is 176 Å². The van der Waals surface area contributed by atoms with E-state index >= 15 is 0 Å². The van der Waals surface area contributed by atoms with Crippen molar-refractivity contribution in [1.82, 2.24) is 0 Å². The van der Waals surface area contributed by atoms with Crippen LogP contribution in [-0.4, -0.2) is 6.71 Å². The minimum absolute atomic E-state index is 0.0781. The lowest BCUT2D eigenvalue weighted by atomic mass is 9.34. The van der Waals surface area contributed by atoms with Crippen LogP contribution in [0.25, 0.3) is 30.9 Å². The zero-order chi connectivity index (χ0) is 33.5. The smallest absolute Gasteiger partial charge is 0.256 e. The summed E-state index contributed by atoms with van der Waals surface area (Å²) >= 11 is 1.89. The van der Waals surface area contributed by atoms with Crippen molar-refractivity contribution < 1.29 is 4.74 Å². The van der Waals surface area contributed by atoms with Crippen LogP contribution in [0.5, 0.6) is 11.5 Å². The van der Waals surface area contributed by atoms with Gasteiger partial charge in [-0.2, -0.15) is 0 Å². The number of nitrogens with zero attached hydrogens (tertiary/aromatic N) is 2. The van der Waals surface area contributed by atoms with Crippen molar-refractivity contribution in [3.8, 4) is 11.5 Å². The average molecular weight is 669 g/mol. The number of hydrogen-bond donors (Lipinski definition) is 0. The predicted molar refractivity (Wildman–Crippen MR) is 217 cm³/mol. The molecule has 51 heavy (non-hydrogen) atoms. The van der Waals surface area contributed by atoms with E-state index in [9.17, 15) is 0 Å². The van der Waals surface area contributed by atoms with Crippen LogP contribution in [0.4, 0.5) is 34.1 Å². The number of rotatable bonds is 4. The summed E-state index contributed by atoms with van der Waals surface area (Å²) in [6.45, 7) is 0.0781. The van der Waals surface area contributed by atoms with E-state index in [1.165, 1.54) is 58.7 Å². The maximum absolute atomic E-state index is 6.84. The first-order chi connectivity index (χ1) is 25.3. The normalized spacial score (nSPS) is 12.8. The number of benzene rings is 8. The average Bonchev–Trinajstić information content (AvgIpc) is 3.55. The third-order valence-electron chi connectivity index (χ3n) is 10.4. The highest BCUT2D eigenvalue weighted by Crippen LogP contribution is 2.49. The minimum atomic E-state index is 0.0781. The Hall–Kier alpha value is -6.30. The molecule has 0 saturated heterocycles. The van der Waals surface area contributed by atoms with Gasteiger partial charge in [-0.05, 0) is 106 Å². The summed E-state index contributed by atoms with van der Waals surface area (Å²) < 4.78 is 9.38. The van der Waals surface area contributed by atoms with Gasteiger partial charge in [-0.15, -0.1) is 11.3 Å². The number of thiophene rings is 1. The Labute approximate surface area is 300 Å². The van der Waals surface area contributed by atoms with Gasteiger partial charge in [0.25, 0.3) is 6.71 Å². The second-order valence-corrected chi connectivity index (χ2v) is 14.4. The fourth-order valence-corrected chi connectivity index (χ4v) is 9.51. The third-order valence-corrected chi connectivity index (χ3v) is 11.6. The highest BCUT2D eigenvalue weighted by Gasteiger charge is 2.43. The molecule has 3 nitrogen and oxygen atoms in total. The molecule has 8 aromatic carbocycles. The molecule has 238 valence electrons. The molecule has 0 radical (unpaired) electrons. The van der Waals surface area contributed by atoms with Crippen LogP contribution < -0.4 is 30.9 Å². The molecule has 0 spiro atoms. The number of ether oxygens (including phenoxy) is 1. The lowest BCUT2D eigenvalue weighted by Gasteiger charge is -2.40. The number of para-hydroxylation sites is 5. The van der Waals surface area contributed by atoms with Gasteiger partial charge >= 0.3 is 0 Å². The number of hydrogen-bond acceptors (Lipinski definition) is 4. The van der Waals surface area contributed by atoms with E-state index in [1.54, 1.807) is 0 Å². The van der Waals surface area contributed by atoms with Gasteiger partial charge in [0.1, 0.15) is 11.5 Å². The van der Waals surface area contributed by atoms with E-state index in [0.29, 0.717) is 0 Å². The van der Waals surface area contributed by atoms with Crippen molar-refractivity contribution in [3.63, 3.8) is 0 Å². The number of fused-ring (bicyclic) bond motifs is 9. The zero-order valence-electron chi connectivity index (χ0n) is 27.5. The van der Waals surface area contributed by atoms with Gasteiger partial charge in [0.2, 0.25) is 0 Å². The summed E-state index contributed by atoms with van der Waals surface area (Å²) in [4.78, 5) is 4.80. The molecular formula is C46H29BN2OS. The van der Waals surface area contributed by atoms with E-state index < -0.39 is 0 Å². The molecule has 5 heteroatoms. The molecule has 0 saturated carbocycles. The largest absolute Gasteiger partial charge is 0.458 e. The Morgan fingerprint density at radius 3 is 1.94 bits per heavy atom. The van der Waals surface area contributed by atoms with Gasteiger partial charge < -0.3 is 14.5 Å². The Morgan fingerprint density at radius 2 is 1.18 bits per heavy atom. The third kappa shape index (κ3) is 4.32. The molecule has 0 N–H and O–H groups in total. The zero-order valence-corrected chi connectivity index (χ0v) is 28.3. The molecule has 0 fully saturated rings. The summed E-state index contributed by atoms with van der Waals surface area (Å²) in [6.07, 6.45) is 0. The molecule has 2 aliphatic heterocycles. The van der Waals surface area contributed by atoms with E-state index in [1.807, 2.05) is 11.3 Å². The van der Waals surface area contributed by atoms with E-state index in [2.05, 4.69) is 186 Å². The molecule has 3 heterocycles. The van der Waals surface area contributed by atoms with Crippen LogP contribution in [0.3, 0.4) is 0 Å². The summed E-state index contributed by atoms with van der Waals surface area (Å²) in [5, 5.41) is 4.91. The Kier molecular flexibility index (Phi) is 6.22. The fourth-order valence-electron chi connectivity index (χ4n) is 8.25. The molecule has 0 bridgehead atoms. The Morgan fingerprint density at radius 1 is 0.510 bits per heavy atom. The highest BCUT2D eigenvalue weighted by molar-refractivity contribution is 7.26. The van der Waals surface area contributed by atoms with Gasteiger partial charge in [0.15, 0.2) is 0 Å². The molecule has 0 unspecified atom stereocenters. The standard InChI is InChI=1S/C46H29BN2OS/c1-4-14-32(15-5-1)48(33-16-6-2-7-17-33)35-25-24-30-27-36-37-29-42-44-45(46(37)51-43(36)28-31(30)26-35)49(34-18-8-3-9-19-34)40-22-12-10-20-38(40)47(44)39-21-11-13-23-41(39)50-42/h1-29H. The van der Waals surface area contributed by atoms with E-state index in [4.69, 9.17) is 4.74 Å². The quantitative estimate of drug-likeness (QED) is 0.174. The van der Waals surface area contributed by atoms with E-state index in [0.717, 1.165) is 34.2 Å². The maximum Gasteiger partial charge on any atom is 0.256 e. The maximum atomic E-state index is 6.84. The monoisotopic (exact) mass is 668 g/mol. The Balaban J connectivity index is 1.17. The van der Waals surface area contributed by atoms with Gasteiger partial charge in [-0.1, -0.05) is 97.1 Å². The van der Waals surface area contributed by atoms with Gasteiger partial charge in [0, 0.05) is 43.9 Å². The molecule has 0 atom stereocenters. The summed E-state index contributed by atoms with van der Waals surface area (Å²) in [6, 6.07) is 63.4. The van der Waals surface area contributed by atoms with Crippen LogP contribution >= 0.6 is 11.3 Å². The van der Waals surface area contributed by atoms with Crippen molar-refractivity contribution in [2.75, 3.05) is 9.80 Å². The predicted octanol–water partition coefficient (Wildman–Crippen LogP) is 11.1. The molecule has 0 aliphatic carbocycles. The minimum Gasteiger partial charge on any atom is -0.458 e. The molecular weight excluding hydrogens is 639 g/mol. The van der Waals surface area contributed by atoms with Crippen LogP contribution in [-0.2, 0) is 0 Å². The highest BCUT2D eigenvalue weighted by atomic mass is 32.1. The van der Waals surface area contributed by atoms with Crippen molar-refractivity contribution >= 4 is 99.5 Å². The first-order valence-corrected chi connectivity index (χ1v) is 18.2. The lowest BCUT2D eigenvalue weighted by molar-refractivity contribution is 0.488. The van der Waals surface area contributed by atoms with E-state index in [-0.39, 0.29) is 6.71 Å². The van der Waals surface area contributed by atoms with Crippen LogP contribution in [0, 0.1) is 0 Å². The van der Waals surface area contributed by atoms with Crippen molar-refractivity contribution in [3.05, 3.63) is 176 Å². The summed E-state index contributed by atoms with van der Waals surface area (Å²) in [7, 11) is 0. The summed E-state index contributed by atoms with van der Waals surface area (Å²) in [5.41, 5.74) is 10.7.